The summed E-state index contributed by atoms with van der Waals surface area (Å²) >= 11 is 0. The van der Waals surface area contributed by atoms with Crippen molar-refractivity contribution in [2.75, 3.05) is 7.11 Å². The Balaban J connectivity index is 1.96. The van der Waals surface area contributed by atoms with Crippen molar-refractivity contribution in [1.29, 1.82) is 0 Å². The summed E-state index contributed by atoms with van der Waals surface area (Å²) in [5, 5.41) is 0.668. The van der Waals surface area contributed by atoms with Gasteiger partial charge < -0.3 is 9.30 Å². The summed E-state index contributed by atoms with van der Waals surface area (Å²) in [6.07, 6.45) is 0. The van der Waals surface area contributed by atoms with Gasteiger partial charge in [0.1, 0.15) is 17.2 Å². The zero-order valence-corrected chi connectivity index (χ0v) is 16.6. The molecule has 0 atom stereocenters. The van der Waals surface area contributed by atoms with Gasteiger partial charge in [0, 0.05) is 11.3 Å². The molecule has 28 heavy (non-hydrogen) atoms. The number of methoxy groups -OCH3 is 1. The number of hydrogen-bond donors (Lipinski definition) is 0. The van der Waals surface area contributed by atoms with Gasteiger partial charge in [0.15, 0.2) is 0 Å². The lowest BCUT2D eigenvalue weighted by molar-refractivity contribution is 0.408. The molecule has 0 saturated carbocycles. The van der Waals surface area contributed by atoms with Crippen LogP contribution in [-0.2, 0) is 6.54 Å². The quantitative estimate of drug-likeness (QED) is 0.539. The maximum Gasteiger partial charge on any atom is 0.267 e. The van der Waals surface area contributed by atoms with Crippen LogP contribution in [-0.4, -0.2) is 21.2 Å². The molecule has 0 spiro atoms. The number of nitrogens with zero attached hydrogens (tertiary/aromatic N) is 3. The Hall–Kier alpha value is -3.34. The first-order chi connectivity index (χ1) is 13.5. The Bertz CT molecular complexity index is 1220. The number of aromatic nitrogens is 3. The molecule has 4 rings (SSSR count). The second-order valence-electron chi connectivity index (χ2n) is 6.94. The smallest absolute Gasteiger partial charge is 0.267 e. The lowest BCUT2D eigenvalue weighted by atomic mass is 10.2. The molecule has 0 aliphatic heterocycles. The summed E-state index contributed by atoms with van der Waals surface area (Å²) in [6, 6.07) is 17.6. The predicted molar refractivity (Wildman–Crippen MR) is 112 cm³/mol. The van der Waals surface area contributed by atoms with E-state index in [1.165, 1.54) is 0 Å². The highest BCUT2D eigenvalue weighted by molar-refractivity contribution is 5.81. The fourth-order valence-electron chi connectivity index (χ4n) is 3.76. The van der Waals surface area contributed by atoms with E-state index >= 15 is 0 Å². The highest BCUT2D eigenvalue weighted by atomic mass is 16.5. The molecule has 0 fully saturated rings. The molecule has 0 unspecified atom stereocenters. The van der Waals surface area contributed by atoms with Gasteiger partial charge in [0.05, 0.1) is 24.7 Å². The van der Waals surface area contributed by atoms with Crippen LogP contribution in [0.5, 0.6) is 5.75 Å². The third-order valence-corrected chi connectivity index (χ3v) is 5.35. The number of ether oxygens (including phenoxy) is 1. The minimum absolute atomic E-state index is 0.0342. The van der Waals surface area contributed by atoms with Crippen LogP contribution >= 0.6 is 0 Å². The third kappa shape index (κ3) is 2.80. The first-order valence-corrected chi connectivity index (χ1v) is 9.29. The van der Waals surface area contributed by atoms with Gasteiger partial charge in [0.25, 0.3) is 5.56 Å². The molecule has 5 heteroatoms. The van der Waals surface area contributed by atoms with E-state index in [1.54, 1.807) is 11.7 Å². The first kappa shape index (κ1) is 18.0. The number of rotatable bonds is 4. The molecular weight excluding hydrogens is 350 g/mol. The summed E-state index contributed by atoms with van der Waals surface area (Å²) in [4.78, 5) is 18.2. The van der Waals surface area contributed by atoms with Crippen molar-refractivity contribution in [2.24, 2.45) is 0 Å². The number of aryl methyl sites for hydroxylation is 2. The van der Waals surface area contributed by atoms with Gasteiger partial charge >= 0.3 is 0 Å². The lowest BCUT2D eigenvalue weighted by Gasteiger charge is -2.13. The van der Waals surface area contributed by atoms with Gasteiger partial charge in [-0.1, -0.05) is 36.4 Å². The van der Waals surface area contributed by atoms with Gasteiger partial charge in [-0.3, -0.25) is 9.36 Å². The third-order valence-electron chi connectivity index (χ3n) is 5.35. The molecule has 2 aromatic carbocycles. The largest absolute Gasteiger partial charge is 0.496 e. The van der Waals surface area contributed by atoms with Gasteiger partial charge in [0.2, 0.25) is 0 Å². The van der Waals surface area contributed by atoms with Crippen LogP contribution in [0.1, 0.15) is 22.6 Å². The number of hydrogen-bond acceptors (Lipinski definition) is 3. The van der Waals surface area contributed by atoms with Crippen molar-refractivity contribution < 1.29 is 4.74 Å². The van der Waals surface area contributed by atoms with Gasteiger partial charge in [-0.15, -0.1) is 0 Å². The van der Waals surface area contributed by atoms with Gasteiger partial charge in [-0.05, 0) is 44.5 Å². The summed E-state index contributed by atoms with van der Waals surface area (Å²) in [5.41, 5.74) is 4.57. The van der Waals surface area contributed by atoms with E-state index in [4.69, 9.17) is 9.72 Å². The average molecular weight is 373 g/mol. The minimum Gasteiger partial charge on any atom is -0.496 e. The van der Waals surface area contributed by atoms with E-state index in [9.17, 15) is 4.79 Å². The average Bonchev–Trinajstić information content (AvgIpc) is 2.94. The maximum atomic E-state index is 13.4. The van der Waals surface area contributed by atoms with Crippen LogP contribution in [0.25, 0.3) is 16.7 Å². The van der Waals surface area contributed by atoms with Crippen molar-refractivity contribution in [3.8, 4) is 11.4 Å². The summed E-state index contributed by atoms with van der Waals surface area (Å²) in [7, 11) is 1.67. The summed E-state index contributed by atoms with van der Waals surface area (Å²) in [6.45, 7) is 6.50. The standard InChI is InChI=1S/C23H23N3O2/c1-15-16(2)25(14-18-10-8-9-13-20(18)28-4)22-21(15)23(27)26(17(3)24-22)19-11-6-5-7-12-19/h5-13H,14H2,1-4H3. The van der Waals surface area contributed by atoms with Crippen LogP contribution in [0.3, 0.4) is 0 Å². The monoisotopic (exact) mass is 373 g/mol. The SMILES string of the molecule is COc1ccccc1Cn1c(C)c(C)c2c(=O)n(-c3ccccc3)c(C)nc21. The number of fused-ring (bicyclic) bond motifs is 1. The van der Waals surface area contributed by atoms with E-state index in [0.29, 0.717) is 17.8 Å². The van der Waals surface area contributed by atoms with Crippen LogP contribution in [0.15, 0.2) is 59.4 Å². The van der Waals surface area contributed by atoms with E-state index < -0.39 is 0 Å². The van der Waals surface area contributed by atoms with Crippen LogP contribution in [0.4, 0.5) is 0 Å². The molecule has 4 aromatic rings. The van der Waals surface area contributed by atoms with E-state index in [1.807, 2.05) is 75.4 Å². The maximum absolute atomic E-state index is 13.4. The molecule has 142 valence electrons. The molecule has 0 bridgehead atoms. The van der Waals surface area contributed by atoms with Crippen LogP contribution in [0.2, 0.25) is 0 Å². The molecule has 2 aromatic heterocycles. The van der Waals surface area contributed by atoms with E-state index in [2.05, 4.69) is 4.57 Å². The molecular formula is C23H23N3O2. The predicted octanol–water partition coefficient (Wildman–Crippen LogP) is 4.17. The highest BCUT2D eigenvalue weighted by Crippen LogP contribution is 2.26. The van der Waals surface area contributed by atoms with Crippen molar-refractivity contribution in [2.45, 2.75) is 27.3 Å². The topological polar surface area (TPSA) is 49.0 Å². The van der Waals surface area contributed by atoms with Crippen molar-refractivity contribution in [1.82, 2.24) is 14.1 Å². The highest BCUT2D eigenvalue weighted by Gasteiger charge is 2.20. The zero-order chi connectivity index (χ0) is 19.8. The second-order valence-corrected chi connectivity index (χ2v) is 6.94. The lowest BCUT2D eigenvalue weighted by Crippen LogP contribution is -2.22. The molecule has 5 nitrogen and oxygen atoms in total. The van der Waals surface area contributed by atoms with Crippen molar-refractivity contribution in [3.05, 3.63) is 87.6 Å². The van der Waals surface area contributed by atoms with E-state index in [-0.39, 0.29) is 5.56 Å². The zero-order valence-electron chi connectivity index (χ0n) is 16.6. The van der Waals surface area contributed by atoms with Gasteiger partial charge in [-0.25, -0.2) is 4.98 Å². The Morgan fingerprint density at radius 3 is 2.36 bits per heavy atom. The summed E-state index contributed by atoms with van der Waals surface area (Å²) < 4.78 is 9.29. The number of para-hydroxylation sites is 2. The number of benzene rings is 2. The Morgan fingerprint density at radius 2 is 1.64 bits per heavy atom. The minimum atomic E-state index is -0.0342. The molecule has 0 saturated heterocycles. The first-order valence-electron chi connectivity index (χ1n) is 9.29. The van der Waals surface area contributed by atoms with Crippen molar-refractivity contribution in [3.63, 3.8) is 0 Å². The van der Waals surface area contributed by atoms with Crippen molar-refractivity contribution >= 4 is 11.0 Å². The fourth-order valence-corrected chi connectivity index (χ4v) is 3.76. The molecule has 2 heterocycles. The molecule has 0 amide bonds. The molecule has 0 aliphatic rings. The Labute approximate surface area is 163 Å². The van der Waals surface area contributed by atoms with E-state index in [0.717, 1.165) is 33.9 Å². The van der Waals surface area contributed by atoms with Gasteiger partial charge in [-0.2, -0.15) is 0 Å². The Morgan fingerprint density at radius 1 is 0.964 bits per heavy atom. The molecule has 0 radical (unpaired) electrons. The fraction of sp³-hybridized carbons (Fsp3) is 0.217. The molecule has 0 N–H and O–H groups in total. The Kier molecular flexibility index (Phi) is 4.51. The second kappa shape index (κ2) is 7.00. The molecule has 0 aliphatic carbocycles. The summed E-state index contributed by atoms with van der Waals surface area (Å²) in [5.74, 6) is 1.50. The van der Waals surface area contributed by atoms with Crippen LogP contribution < -0.4 is 10.3 Å². The normalized spacial score (nSPS) is 11.1. The van der Waals surface area contributed by atoms with Crippen LogP contribution in [0, 0.1) is 20.8 Å².